The smallest absolute Gasteiger partial charge is 0.397 e. The number of hydrogen-bond acceptors (Lipinski definition) is 37. The fraction of sp³-hybridized carbons (Fsp3) is 0.163. The van der Waals surface area contributed by atoms with Crippen molar-refractivity contribution in [2.75, 3.05) is 75.9 Å². The molecule has 6 aromatic carbocycles. The molecule has 0 radical (unpaired) electrons. The van der Waals surface area contributed by atoms with Gasteiger partial charge in [-0.2, -0.15) is 78.5 Å². The van der Waals surface area contributed by atoms with Crippen molar-refractivity contribution in [3.8, 4) is 5.75 Å². The van der Waals surface area contributed by atoms with Crippen LogP contribution in [0.5, 0.6) is 5.75 Å². The fourth-order valence-electron chi connectivity index (χ4n) is 8.31. The molecule has 0 atom stereocenters. The predicted octanol–water partition coefficient (Wildman–Crippen LogP) is 7.72. The quantitative estimate of drug-likeness (QED) is 0.00356. The molecule has 0 saturated heterocycles. The van der Waals surface area contributed by atoms with Crippen LogP contribution in [-0.4, -0.2) is 173 Å². The normalized spacial score (nSPS) is 12.5. The summed E-state index contributed by atoms with van der Waals surface area (Å²) in [6, 6.07) is 22.1. The monoisotopic (exact) mass is 1570 g/mol. The van der Waals surface area contributed by atoms with Crippen molar-refractivity contribution in [2.45, 2.75) is 34.8 Å². The summed E-state index contributed by atoms with van der Waals surface area (Å²) in [5, 5.41) is 47.3. The summed E-state index contributed by atoms with van der Waals surface area (Å²) in [5.41, 5.74) is -0.645. The van der Waals surface area contributed by atoms with Crippen LogP contribution in [0.3, 0.4) is 0 Å². The number of hydrogen-bond donors (Lipinski definition) is 11. The van der Waals surface area contributed by atoms with Gasteiger partial charge in [-0.3, -0.25) is 18.2 Å². The largest absolute Gasteiger partial charge is 0.505 e. The number of thioether (sulfide) groups is 2. The van der Waals surface area contributed by atoms with E-state index in [0.29, 0.717) is 5.39 Å². The first-order chi connectivity index (χ1) is 46.2. The molecule has 3 heterocycles. The third kappa shape index (κ3) is 20.9. The van der Waals surface area contributed by atoms with E-state index in [4.69, 9.17) is 37.6 Å². The van der Waals surface area contributed by atoms with Crippen molar-refractivity contribution in [2.24, 2.45) is 10.2 Å². The average Bonchev–Trinajstić information content (AvgIpc) is 0.764. The van der Waals surface area contributed by atoms with Gasteiger partial charge < -0.3 is 31.7 Å². The number of halogens is 2. The minimum absolute atomic E-state index is 0.0165. The minimum atomic E-state index is -5.07. The Bertz CT molecular complexity index is 5060. The van der Waals surface area contributed by atoms with Crippen LogP contribution >= 0.6 is 58.8 Å². The molecule has 0 aliphatic rings. The molecular weight excluding hydrogens is 1520 g/mol. The maximum absolute atomic E-state index is 12.9. The lowest BCUT2D eigenvalue weighted by molar-refractivity contribution is -0.432. The molecule has 38 nitrogen and oxygen atoms in total. The van der Waals surface area contributed by atoms with Crippen molar-refractivity contribution in [1.82, 2.24) is 44.9 Å². The average molecular weight is 1570 g/mol. The van der Waals surface area contributed by atoms with E-state index in [1.54, 1.807) is 12.1 Å². The summed E-state index contributed by atoms with van der Waals surface area (Å²) in [4.78, 5) is 36.5. The Hall–Kier alpha value is -7.76. The van der Waals surface area contributed by atoms with Crippen LogP contribution < -0.4 is 26.6 Å². The molecule has 0 unspecified atom stereocenters. The number of phenolic OH excluding ortho intramolecular Hbond substituents is 1. The Balaban J connectivity index is 0.979. The summed E-state index contributed by atoms with van der Waals surface area (Å²) >= 11 is 14.8. The molecule has 0 spiro atoms. The number of aromatic hydroxyl groups is 1. The third-order valence-electron chi connectivity index (χ3n) is 12.3. The summed E-state index contributed by atoms with van der Waals surface area (Å²) in [7, 11) is -27.9. The van der Waals surface area contributed by atoms with Crippen LogP contribution in [0.2, 0.25) is 10.6 Å². The molecular formula is C49H44Cl2N16O22S9. The number of benzene rings is 6. The van der Waals surface area contributed by atoms with Crippen LogP contribution in [0.25, 0.3) is 21.5 Å². The van der Waals surface area contributed by atoms with Crippen molar-refractivity contribution < 1.29 is 96.8 Å². The highest BCUT2D eigenvalue weighted by Crippen LogP contribution is 2.48. The topological polar surface area (TPSA) is 564 Å². The van der Waals surface area contributed by atoms with Gasteiger partial charge in [0.15, 0.2) is 35.7 Å². The molecule has 0 bridgehead atoms. The summed E-state index contributed by atoms with van der Waals surface area (Å²) < 4.78 is 197. The first-order valence-corrected chi connectivity index (χ1v) is 39.0. The van der Waals surface area contributed by atoms with Crippen LogP contribution in [0.15, 0.2) is 148 Å². The Morgan fingerprint density at radius 3 is 1.50 bits per heavy atom. The first-order valence-electron chi connectivity index (χ1n) is 26.6. The molecule has 0 amide bonds. The Morgan fingerprint density at radius 1 is 0.510 bits per heavy atom. The lowest BCUT2D eigenvalue weighted by Crippen LogP contribution is -2.15. The number of azo groups is 1. The standard InChI is InChI=1S/C49H44Cl2N16O22S9/c50-41-57-43(61-45(59-41)54-28-6-10-30(11-7-28)93(70,71)21-17-86-97(80,81)82)52-15-19-90-48-63-47(64-49(65-48)91-20-16-53-44-58-42(51)60-46(62-44)55-29-8-12-31(13-9-29)94(72,73)22-18-87-98(83,84)85)56-35-25-32(95(74,75)76)23-27-24-36(92-89-88-69)38(39(68)37(27)35)67-66-34-14-5-26-3-1-2-4-33(26)40(34)96(77,78)79/h1-14,23-25,68-69H,15-22H2,(H,74,75,76)(H,77,78,79)(H,80,81,82)(H,83,84,85)(H,56,63,64,65)(H2,52,54,57,59,61)(H2,53,55,58,60,62)/b67-66+. The van der Waals surface area contributed by atoms with E-state index in [2.05, 4.69) is 99.4 Å². The second-order valence-corrected chi connectivity index (χ2v) is 31.7. The first kappa shape index (κ1) is 74.5. The van der Waals surface area contributed by atoms with Gasteiger partial charge in [-0.1, -0.05) is 58.9 Å². The molecule has 0 aliphatic heterocycles. The number of rotatable bonds is 33. The second kappa shape index (κ2) is 31.6. The van der Waals surface area contributed by atoms with Gasteiger partial charge in [0.05, 0.1) is 62.0 Å². The van der Waals surface area contributed by atoms with Gasteiger partial charge in [0.25, 0.3) is 20.2 Å². The number of nitrogens with zero attached hydrogens (tertiary/aromatic N) is 11. The van der Waals surface area contributed by atoms with E-state index < -0.39 is 112 Å². The molecule has 11 N–H and O–H groups in total. The Kier molecular flexibility index (Phi) is 24.0. The van der Waals surface area contributed by atoms with Gasteiger partial charge in [0.2, 0.25) is 40.3 Å². The summed E-state index contributed by atoms with van der Waals surface area (Å²) in [6.07, 6.45) is 0. The number of phenols is 1. The summed E-state index contributed by atoms with van der Waals surface area (Å²) in [5.74, 6) is -2.64. The predicted molar refractivity (Wildman–Crippen MR) is 354 cm³/mol. The molecule has 0 fully saturated rings. The number of anilines is 8. The van der Waals surface area contributed by atoms with Gasteiger partial charge in [-0.15, -0.1) is 14.6 Å². The zero-order valence-electron chi connectivity index (χ0n) is 48.5. The van der Waals surface area contributed by atoms with Crippen molar-refractivity contribution in [3.05, 3.63) is 114 Å². The molecule has 0 saturated carbocycles. The van der Waals surface area contributed by atoms with Crippen molar-refractivity contribution >= 4 is 199 Å². The van der Waals surface area contributed by atoms with E-state index in [0.717, 1.165) is 35.7 Å². The van der Waals surface area contributed by atoms with Gasteiger partial charge in [0, 0.05) is 46.7 Å². The molecule has 9 aromatic rings. The van der Waals surface area contributed by atoms with E-state index in [1.807, 2.05) is 0 Å². The SMILES string of the molecule is O=S(=O)(O)OCCS(=O)(=O)c1ccc(Nc2nc(Cl)nc(NCCSc3nc(Nc4cc(S(=O)(=O)O)cc5cc(SOOO)c(/N=N/c6ccc7ccccc7c6S(=O)(=O)O)c(O)c45)nc(SCCNc4nc(Cl)nc(Nc5ccc(S(=O)(=O)CCOS(=O)(=O)O)cc5)n4)n3)n2)cc1. The molecule has 520 valence electrons. The van der Waals surface area contributed by atoms with Crippen LogP contribution in [0, 0.1) is 0 Å². The zero-order chi connectivity index (χ0) is 70.8. The van der Waals surface area contributed by atoms with Gasteiger partial charge in [-0.05, 0) is 107 Å². The molecule has 3 aromatic heterocycles. The minimum Gasteiger partial charge on any atom is -0.505 e. The van der Waals surface area contributed by atoms with Crippen molar-refractivity contribution in [3.63, 3.8) is 0 Å². The van der Waals surface area contributed by atoms with Crippen LogP contribution in [-0.2, 0) is 78.4 Å². The van der Waals surface area contributed by atoms with E-state index in [9.17, 15) is 64.7 Å². The maximum Gasteiger partial charge on any atom is 0.397 e. The van der Waals surface area contributed by atoms with Gasteiger partial charge in [-0.25, -0.2) is 30.5 Å². The number of sulfone groups is 2. The molecule has 49 heteroatoms. The molecule has 9 rings (SSSR count). The highest BCUT2D eigenvalue weighted by molar-refractivity contribution is 7.99. The fourth-order valence-corrected chi connectivity index (χ4v) is 14.9. The molecule has 98 heavy (non-hydrogen) atoms. The summed E-state index contributed by atoms with van der Waals surface area (Å²) in [6.45, 7) is -1.54. The third-order valence-corrected chi connectivity index (χ3v) is 21.1. The number of fused-ring (bicyclic) bond motifs is 2. The lowest BCUT2D eigenvalue weighted by atomic mass is 10.1. The van der Waals surface area contributed by atoms with Gasteiger partial charge in [0.1, 0.15) is 16.3 Å². The second-order valence-electron chi connectivity index (χ2n) is 19.0. The highest BCUT2D eigenvalue weighted by Gasteiger charge is 2.26. The number of aromatic nitrogens is 9. The van der Waals surface area contributed by atoms with E-state index in [-0.39, 0.29) is 135 Å². The lowest BCUT2D eigenvalue weighted by Gasteiger charge is -2.15. The van der Waals surface area contributed by atoms with Crippen molar-refractivity contribution in [1.29, 1.82) is 0 Å². The van der Waals surface area contributed by atoms with Gasteiger partial charge >= 0.3 is 20.8 Å². The van der Waals surface area contributed by atoms with E-state index in [1.165, 1.54) is 78.9 Å². The Labute approximate surface area is 576 Å². The highest BCUT2D eigenvalue weighted by atomic mass is 35.5. The van der Waals surface area contributed by atoms with E-state index >= 15 is 0 Å². The van der Waals surface area contributed by atoms with Crippen LogP contribution in [0.4, 0.5) is 58.2 Å². The Morgan fingerprint density at radius 2 is 1.01 bits per heavy atom. The maximum atomic E-state index is 12.9. The number of nitrogens with one attached hydrogen (secondary N) is 5. The zero-order valence-corrected chi connectivity index (χ0v) is 57.4. The molecule has 0 aliphatic carbocycles. The van der Waals surface area contributed by atoms with Crippen LogP contribution in [0.1, 0.15) is 0 Å².